The van der Waals surface area contributed by atoms with E-state index in [0.717, 1.165) is 18.1 Å². The first-order chi connectivity index (χ1) is 17.6. The van der Waals surface area contributed by atoms with Gasteiger partial charge in [-0.1, -0.05) is 18.2 Å². The Bertz CT molecular complexity index is 1480. The number of rotatable bonds is 7. The molecule has 0 spiro atoms. The Morgan fingerprint density at radius 1 is 1.21 bits per heavy atom. The molecule has 0 bridgehead atoms. The monoisotopic (exact) mass is 561 g/mol. The molecule has 2 aromatic heterocycles. The normalized spacial score (nSPS) is 15.2. The fourth-order valence-corrected chi connectivity index (χ4v) is 3.76. The molecule has 1 aliphatic carbocycles. The van der Waals surface area contributed by atoms with E-state index in [1.807, 2.05) is 6.07 Å². The maximum Gasteiger partial charge on any atom is 0.459 e. The summed E-state index contributed by atoms with van der Waals surface area (Å²) in [5.41, 5.74) is -5.85. The Morgan fingerprint density at radius 2 is 1.87 bits per heavy atom. The fraction of sp³-hybridized carbons (Fsp3) is 0.318. The third kappa shape index (κ3) is 4.49. The highest BCUT2D eigenvalue weighted by atomic mass is 35.5. The Kier molecular flexibility index (Phi) is 6.30. The first kappa shape index (κ1) is 27.1. The molecule has 0 radical (unpaired) electrons. The molecular weight excluding hydrogens is 547 g/mol. The van der Waals surface area contributed by atoms with E-state index >= 15 is 0 Å². The van der Waals surface area contributed by atoms with E-state index in [-0.39, 0.29) is 22.3 Å². The Balaban J connectivity index is 1.79. The van der Waals surface area contributed by atoms with Crippen LogP contribution < -0.4 is 5.32 Å². The van der Waals surface area contributed by atoms with Crippen LogP contribution in [0.4, 0.5) is 30.7 Å². The van der Waals surface area contributed by atoms with E-state index in [1.165, 1.54) is 18.2 Å². The van der Waals surface area contributed by atoms with E-state index in [2.05, 4.69) is 27.1 Å². The van der Waals surface area contributed by atoms with Crippen LogP contribution in [-0.4, -0.2) is 42.2 Å². The van der Waals surface area contributed by atoms with E-state index in [0.29, 0.717) is 17.5 Å². The number of carbonyl (C=O) groups excluding carboxylic acids is 1. The minimum absolute atomic E-state index is 0.0129. The van der Waals surface area contributed by atoms with Crippen LogP contribution in [0, 0.1) is 11.3 Å². The molecule has 0 atom stereocenters. The highest BCUT2D eigenvalue weighted by molar-refractivity contribution is 6.34. The van der Waals surface area contributed by atoms with Crippen molar-refractivity contribution in [3.05, 3.63) is 59.0 Å². The van der Waals surface area contributed by atoms with Crippen molar-refractivity contribution in [1.29, 1.82) is 5.26 Å². The topological polar surface area (TPSA) is 101 Å². The third-order valence-electron chi connectivity index (χ3n) is 5.77. The fourth-order valence-electron chi connectivity index (χ4n) is 3.55. The van der Waals surface area contributed by atoms with E-state index in [1.54, 1.807) is 0 Å². The van der Waals surface area contributed by atoms with Crippen molar-refractivity contribution in [3.63, 3.8) is 0 Å². The Hall–Kier alpha value is -3.93. The van der Waals surface area contributed by atoms with Gasteiger partial charge in [0.15, 0.2) is 11.5 Å². The minimum atomic E-state index is -6.22. The van der Waals surface area contributed by atoms with Gasteiger partial charge < -0.3 is 5.32 Å². The minimum Gasteiger partial charge on any atom is -0.334 e. The Labute approximate surface area is 214 Å². The van der Waals surface area contributed by atoms with Crippen LogP contribution in [0.1, 0.15) is 34.5 Å². The predicted molar refractivity (Wildman–Crippen MR) is 118 cm³/mol. The summed E-state index contributed by atoms with van der Waals surface area (Å²) in [5.74, 6) is -11.4. The van der Waals surface area contributed by atoms with E-state index in [9.17, 15) is 40.8 Å². The molecule has 1 aromatic carbocycles. The quantitative estimate of drug-likeness (QED) is 0.322. The number of nitrogens with zero attached hydrogens (tertiary/aromatic N) is 6. The molecule has 1 aliphatic rings. The average molecular weight is 562 g/mol. The zero-order valence-corrected chi connectivity index (χ0v) is 19.9. The van der Waals surface area contributed by atoms with Gasteiger partial charge in [-0.15, -0.1) is 5.10 Å². The standard InChI is InChI=1S/C22H15ClF7N7O/c1-3-20(24,25)14-15(36(2)34-16(14)21(26,27)22(28,29)30)17-32-10-37(35-17)11-4-5-13(23)12(8-11)18(38)33-19(9-31)6-7-19/h3-5,8,10H,1,6-7H2,2H3,(H,33,38). The number of aromatic nitrogens is 5. The van der Waals surface area contributed by atoms with Crippen LogP contribution in [0.15, 0.2) is 37.2 Å². The summed E-state index contributed by atoms with van der Waals surface area (Å²) in [5, 5.41) is 18.7. The van der Waals surface area contributed by atoms with Crippen molar-refractivity contribution in [1.82, 2.24) is 29.9 Å². The van der Waals surface area contributed by atoms with Gasteiger partial charge in [-0.3, -0.25) is 9.48 Å². The molecule has 200 valence electrons. The van der Waals surface area contributed by atoms with Crippen LogP contribution in [-0.2, 0) is 18.9 Å². The molecule has 1 amide bonds. The summed E-state index contributed by atoms with van der Waals surface area (Å²) in [4.78, 5) is 16.4. The first-order valence-corrected chi connectivity index (χ1v) is 10.9. The number of alkyl halides is 7. The number of nitriles is 1. The number of allylic oxidation sites excluding steroid dienone is 1. The van der Waals surface area contributed by atoms with Crippen molar-refractivity contribution in [2.45, 2.75) is 36.4 Å². The lowest BCUT2D eigenvalue weighted by Crippen LogP contribution is -2.36. The van der Waals surface area contributed by atoms with Gasteiger partial charge in [-0.05, 0) is 37.1 Å². The SMILES string of the molecule is C=CC(F)(F)c1c(C(F)(F)C(F)(F)F)nn(C)c1-c1ncn(-c2ccc(Cl)c(C(=O)NC3(C#N)CC3)c2)n1. The second-order valence-corrected chi connectivity index (χ2v) is 8.83. The van der Waals surface area contributed by atoms with Crippen LogP contribution in [0.3, 0.4) is 0 Å². The molecule has 1 N–H and O–H groups in total. The zero-order chi connectivity index (χ0) is 28.3. The van der Waals surface area contributed by atoms with Gasteiger partial charge in [0, 0.05) is 7.05 Å². The molecule has 1 saturated carbocycles. The van der Waals surface area contributed by atoms with Gasteiger partial charge in [0.1, 0.15) is 17.6 Å². The van der Waals surface area contributed by atoms with Crippen LogP contribution >= 0.6 is 11.6 Å². The highest BCUT2D eigenvalue weighted by Crippen LogP contribution is 2.49. The summed E-state index contributed by atoms with van der Waals surface area (Å²) < 4.78 is 98.3. The van der Waals surface area contributed by atoms with Gasteiger partial charge in [0.25, 0.3) is 11.8 Å². The largest absolute Gasteiger partial charge is 0.459 e. The Morgan fingerprint density at radius 3 is 2.42 bits per heavy atom. The smallest absolute Gasteiger partial charge is 0.334 e. The van der Waals surface area contributed by atoms with Gasteiger partial charge in [0.05, 0.1) is 27.9 Å². The third-order valence-corrected chi connectivity index (χ3v) is 6.10. The number of benzene rings is 1. The molecular formula is C22H15ClF7N7O. The van der Waals surface area contributed by atoms with E-state index in [4.69, 9.17) is 11.6 Å². The molecule has 38 heavy (non-hydrogen) atoms. The van der Waals surface area contributed by atoms with Crippen molar-refractivity contribution < 1.29 is 35.5 Å². The molecule has 4 rings (SSSR count). The van der Waals surface area contributed by atoms with Gasteiger partial charge in [0.2, 0.25) is 0 Å². The van der Waals surface area contributed by atoms with Gasteiger partial charge in [-0.25, -0.2) is 9.67 Å². The van der Waals surface area contributed by atoms with Gasteiger partial charge >= 0.3 is 12.1 Å². The predicted octanol–water partition coefficient (Wildman–Crippen LogP) is 5.04. The van der Waals surface area contributed by atoms with E-state index < -0.39 is 52.2 Å². The number of hydrogen-bond acceptors (Lipinski definition) is 5. The van der Waals surface area contributed by atoms with Crippen LogP contribution in [0.25, 0.3) is 17.2 Å². The highest BCUT2D eigenvalue weighted by Gasteiger charge is 2.63. The summed E-state index contributed by atoms with van der Waals surface area (Å²) in [7, 11) is 0.877. The molecule has 0 aliphatic heterocycles. The zero-order valence-electron chi connectivity index (χ0n) is 19.1. The van der Waals surface area contributed by atoms with Crippen molar-refractivity contribution in [2.24, 2.45) is 7.05 Å². The summed E-state index contributed by atoms with van der Waals surface area (Å²) in [6.07, 6.45) is -4.45. The number of hydrogen-bond donors (Lipinski definition) is 1. The molecule has 1 fully saturated rings. The number of carbonyl (C=O) groups is 1. The molecule has 16 heteroatoms. The van der Waals surface area contributed by atoms with Crippen molar-refractivity contribution >= 4 is 17.5 Å². The lowest BCUT2D eigenvalue weighted by molar-refractivity contribution is -0.291. The summed E-state index contributed by atoms with van der Waals surface area (Å²) >= 11 is 6.11. The maximum absolute atomic E-state index is 14.7. The number of aryl methyl sites for hydroxylation is 1. The summed E-state index contributed by atoms with van der Waals surface area (Å²) in [6.45, 7) is 2.83. The van der Waals surface area contributed by atoms with Crippen molar-refractivity contribution in [3.8, 4) is 23.3 Å². The second-order valence-electron chi connectivity index (χ2n) is 8.42. The average Bonchev–Trinajstić information content (AvgIpc) is 3.27. The van der Waals surface area contributed by atoms with Crippen LogP contribution in [0.2, 0.25) is 5.02 Å². The van der Waals surface area contributed by atoms with Crippen molar-refractivity contribution in [2.75, 3.05) is 0 Å². The lowest BCUT2D eigenvalue weighted by atomic mass is 10.0. The molecule has 8 nitrogen and oxygen atoms in total. The first-order valence-electron chi connectivity index (χ1n) is 10.6. The van der Waals surface area contributed by atoms with Crippen LogP contribution in [0.5, 0.6) is 0 Å². The van der Waals surface area contributed by atoms with Gasteiger partial charge in [-0.2, -0.15) is 41.1 Å². The number of halogens is 8. The molecule has 3 aromatic rings. The number of amides is 1. The number of nitrogens with one attached hydrogen (secondary N) is 1. The molecule has 2 heterocycles. The lowest BCUT2D eigenvalue weighted by Gasteiger charge is -2.21. The maximum atomic E-state index is 14.7. The molecule has 0 unspecified atom stereocenters. The summed E-state index contributed by atoms with van der Waals surface area (Å²) in [6, 6.07) is 5.90. The molecule has 0 saturated heterocycles. The second kappa shape index (κ2) is 8.83.